The summed E-state index contributed by atoms with van der Waals surface area (Å²) in [7, 11) is 3.40. The van der Waals surface area contributed by atoms with E-state index >= 15 is 0 Å². The standard InChI is InChI=1S/C23H18N5O2/c1-14-20-10-16(7-8-19(20)23(29)27-26-14)21-13-25-28(2)22(21)11-17(12-24)15-5-4-6-18(9-15)30-3/h4-11,13H,1H2,2-3H3,(H,27,29). The molecule has 7 heteroatoms. The molecule has 0 saturated heterocycles. The van der Waals surface area contributed by atoms with Gasteiger partial charge in [-0.2, -0.15) is 15.5 Å². The maximum Gasteiger partial charge on any atom is 0.272 e. The lowest BCUT2D eigenvalue weighted by Gasteiger charge is -2.07. The third kappa shape index (κ3) is 3.35. The maximum absolute atomic E-state index is 12.0. The number of H-pyrrole nitrogens is 1. The number of allylic oxidation sites excluding steroid dienone is 1. The first-order valence-electron chi connectivity index (χ1n) is 9.15. The molecule has 30 heavy (non-hydrogen) atoms. The van der Waals surface area contributed by atoms with Crippen molar-refractivity contribution in [3.05, 3.63) is 82.9 Å². The number of benzene rings is 2. The van der Waals surface area contributed by atoms with Crippen LogP contribution in [0.5, 0.6) is 5.75 Å². The molecule has 2 aromatic carbocycles. The van der Waals surface area contributed by atoms with Crippen LogP contribution >= 0.6 is 0 Å². The molecule has 1 N–H and O–H groups in total. The summed E-state index contributed by atoms with van der Waals surface area (Å²) in [6.07, 6.45) is 3.53. The van der Waals surface area contributed by atoms with Crippen molar-refractivity contribution in [1.29, 1.82) is 5.26 Å². The van der Waals surface area contributed by atoms with Gasteiger partial charge in [0.25, 0.3) is 5.56 Å². The zero-order valence-electron chi connectivity index (χ0n) is 16.5. The number of aryl methyl sites for hydroxylation is 1. The number of methoxy groups -OCH3 is 1. The minimum atomic E-state index is -0.264. The molecule has 4 aromatic rings. The number of aromatic nitrogens is 4. The van der Waals surface area contributed by atoms with E-state index < -0.39 is 0 Å². The number of ether oxygens (including phenoxy) is 1. The summed E-state index contributed by atoms with van der Waals surface area (Å²) in [5.41, 5.74) is 3.89. The highest BCUT2D eigenvalue weighted by Gasteiger charge is 2.13. The molecule has 2 heterocycles. The van der Waals surface area contributed by atoms with Crippen LogP contribution in [-0.4, -0.2) is 27.1 Å². The molecule has 1 radical (unpaired) electrons. The van der Waals surface area contributed by atoms with Gasteiger partial charge in [0, 0.05) is 18.0 Å². The smallest absolute Gasteiger partial charge is 0.272 e. The van der Waals surface area contributed by atoms with Gasteiger partial charge in [0.05, 0.1) is 41.7 Å². The van der Waals surface area contributed by atoms with E-state index in [4.69, 9.17) is 4.74 Å². The van der Waals surface area contributed by atoms with Crippen LogP contribution in [0.2, 0.25) is 0 Å². The third-order valence-electron chi connectivity index (χ3n) is 4.95. The van der Waals surface area contributed by atoms with Crippen molar-refractivity contribution >= 4 is 22.4 Å². The normalized spacial score (nSPS) is 11.5. The van der Waals surface area contributed by atoms with Crippen LogP contribution in [0, 0.1) is 18.3 Å². The fourth-order valence-electron chi connectivity index (χ4n) is 3.34. The van der Waals surface area contributed by atoms with Crippen molar-refractivity contribution < 1.29 is 4.74 Å². The van der Waals surface area contributed by atoms with E-state index in [1.165, 1.54) is 0 Å². The molecule has 0 atom stereocenters. The monoisotopic (exact) mass is 396 g/mol. The Labute approximate surface area is 172 Å². The quantitative estimate of drug-likeness (QED) is 0.532. The highest BCUT2D eigenvalue weighted by molar-refractivity contribution is 5.94. The summed E-state index contributed by atoms with van der Waals surface area (Å²) in [6.45, 7) is 3.90. The van der Waals surface area contributed by atoms with Gasteiger partial charge < -0.3 is 4.74 Å². The Balaban J connectivity index is 1.87. The number of nitrogens with one attached hydrogen (secondary N) is 1. The van der Waals surface area contributed by atoms with Gasteiger partial charge in [-0.25, -0.2) is 5.10 Å². The molecule has 0 aliphatic heterocycles. The van der Waals surface area contributed by atoms with Crippen LogP contribution in [0.15, 0.2) is 53.5 Å². The van der Waals surface area contributed by atoms with Crippen LogP contribution in [0.3, 0.4) is 0 Å². The van der Waals surface area contributed by atoms with Crippen LogP contribution < -0.4 is 10.3 Å². The van der Waals surface area contributed by atoms with E-state index in [0.29, 0.717) is 27.8 Å². The summed E-state index contributed by atoms with van der Waals surface area (Å²) >= 11 is 0. The number of hydrogen-bond donors (Lipinski definition) is 1. The lowest BCUT2D eigenvalue weighted by atomic mass is 9.99. The van der Waals surface area contributed by atoms with Crippen molar-refractivity contribution in [2.24, 2.45) is 7.05 Å². The van der Waals surface area contributed by atoms with Crippen molar-refractivity contribution in [3.63, 3.8) is 0 Å². The first-order chi connectivity index (χ1) is 14.5. The average molecular weight is 396 g/mol. The van der Waals surface area contributed by atoms with Crippen LogP contribution in [0.25, 0.3) is 33.5 Å². The van der Waals surface area contributed by atoms with E-state index in [1.807, 2.05) is 43.4 Å². The second-order valence-electron chi connectivity index (χ2n) is 6.73. The predicted octanol–water partition coefficient (Wildman–Crippen LogP) is 3.58. The molecule has 0 amide bonds. The molecule has 0 saturated carbocycles. The molecule has 0 aliphatic rings. The van der Waals surface area contributed by atoms with Gasteiger partial charge >= 0.3 is 0 Å². The number of nitriles is 1. The summed E-state index contributed by atoms with van der Waals surface area (Å²) in [5, 5.41) is 21.7. The van der Waals surface area contributed by atoms with Gasteiger partial charge in [-0.1, -0.05) is 18.2 Å². The largest absolute Gasteiger partial charge is 0.497 e. The number of aromatic amines is 1. The molecule has 147 valence electrons. The van der Waals surface area contributed by atoms with Crippen molar-refractivity contribution in [2.75, 3.05) is 7.11 Å². The first kappa shape index (κ1) is 19.2. The van der Waals surface area contributed by atoms with Gasteiger partial charge in [0.2, 0.25) is 0 Å². The lowest BCUT2D eigenvalue weighted by Crippen LogP contribution is -2.09. The topological polar surface area (TPSA) is 96.6 Å². The maximum atomic E-state index is 12.0. The van der Waals surface area contributed by atoms with Crippen LogP contribution in [0.1, 0.15) is 17.0 Å². The second-order valence-corrected chi connectivity index (χ2v) is 6.73. The van der Waals surface area contributed by atoms with Crippen molar-refractivity contribution in [2.45, 2.75) is 0 Å². The number of hydrogen-bond acceptors (Lipinski definition) is 5. The molecule has 0 fully saturated rings. The highest BCUT2D eigenvalue weighted by Crippen LogP contribution is 2.30. The SMILES string of the molecule is [CH2]c1n[nH]c(=O)c2ccc(-c3cnn(C)c3C=C(C#N)c3cccc(OC)c3)cc12. The number of rotatable bonds is 4. The summed E-state index contributed by atoms with van der Waals surface area (Å²) in [4.78, 5) is 12.0. The molecule has 4 rings (SSSR count). The minimum absolute atomic E-state index is 0.264. The summed E-state index contributed by atoms with van der Waals surface area (Å²) < 4.78 is 6.98. The van der Waals surface area contributed by atoms with Crippen LogP contribution in [-0.2, 0) is 7.05 Å². The summed E-state index contributed by atoms with van der Waals surface area (Å²) in [5.74, 6) is 0.675. The molecule has 2 aromatic heterocycles. The Morgan fingerprint density at radius 2 is 2.10 bits per heavy atom. The summed E-state index contributed by atoms with van der Waals surface area (Å²) in [6, 6.07) is 15.1. The van der Waals surface area contributed by atoms with E-state index in [0.717, 1.165) is 22.4 Å². The van der Waals surface area contributed by atoms with E-state index in [9.17, 15) is 10.1 Å². The fourth-order valence-corrected chi connectivity index (χ4v) is 3.34. The van der Waals surface area contributed by atoms with E-state index in [-0.39, 0.29) is 5.56 Å². The average Bonchev–Trinajstić information content (AvgIpc) is 3.14. The van der Waals surface area contributed by atoms with E-state index in [1.54, 1.807) is 30.1 Å². The van der Waals surface area contributed by atoms with Gasteiger partial charge in [-0.05, 0) is 48.4 Å². The number of fused-ring (bicyclic) bond motifs is 1. The molecule has 0 unspecified atom stereocenters. The Bertz CT molecular complexity index is 1390. The van der Waals surface area contributed by atoms with Gasteiger partial charge in [0.1, 0.15) is 5.75 Å². The lowest BCUT2D eigenvalue weighted by molar-refractivity contribution is 0.414. The Kier molecular flexibility index (Phi) is 4.90. The van der Waals surface area contributed by atoms with E-state index in [2.05, 4.69) is 28.3 Å². The third-order valence-corrected chi connectivity index (χ3v) is 4.95. The molecule has 7 nitrogen and oxygen atoms in total. The van der Waals surface area contributed by atoms with Crippen molar-refractivity contribution in [3.8, 4) is 22.9 Å². The highest BCUT2D eigenvalue weighted by atomic mass is 16.5. The zero-order valence-corrected chi connectivity index (χ0v) is 16.5. The Hall–Kier alpha value is -4.18. The van der Waals surface area contributed by atoms with Gasteiger partial charge in [0.15, 0.2) is 0 Å². The Morgan fingerprint density at radius 1 is 1.27 bits per heavy atom. The number of nitrogens with zero attached hydrogens (tertiary/aromatic N) is 4. The minimum Gasteiger partial charge on any atom is -0.497 e. The molecule has 0 spiro atoms. The van der Waals surface area contributed by atoms with Gasteiger partial charge in [-0.15, -0.1) is 0 Å². The molecule has 0 aliphatic carbocycles. The Morgan fingerprint density at radius 3 is 2.87 bits per heavy atom. The zero-order chi connectivity index (χ0) is 21.3. The van der Waals surface area contributed by atoms with Crippen LogP contribution in [0.4, 0.5) is 0 Å². The second kappa shape index (κ2) is 7.68. The van der Waals surface area contributed by atoms with Gasteiger partial charge in [-0.3, -0.25) is 9.48 Å². The molecule has 0 bridgehead atoms. The first-order valence-corrected chi connectivity index (χ1v) is 9.15. The molecular formula is C23H18N5O2. The van der Waals surface area contributed by atoms with Crippen molar-refractivity contribution in [1.82, 2.24) is 20.0 Å². The fraction of sp³-hybridized carbons (Fsp3) is 0.0870. The molecular weight excluding hydrogens is 378 g/mol. The predicted molar refractivity (Wildman–Crippen MR) is 116 cm³/mol.